The molecule has 0 amide bonds. The van der Waals surface area contributed by atoms with Crippen LogP contribution in [0.4, 0.5) is 24.7 Å². The largest absolute Gasteiger partial charge is 0.463 e. The fraction of sp³-hybridized carbons (Fsp3) is 0.357. The number of hydrogen-bond acceptors (Lipinski definition) is 6. The summed E-state index contributed by atoms with van der Waals surface area (Å²) in [6, 6.07) is 4.86. The van der Waals surface area contributed by atoms with Crippen LogP contribution in [0.2, 0.25) is 0 Å². The molecule has 2 aromatic rings. The molecule has 2 rings (SSSR count). The number of hydrogen-bond donors (Lipinski definition) is 2. The molecule has 0 bridgehead atoms. The van der Waals surface area contributed by atoms with Crippen LogP contribution in [0.5, 0.6) is 0 Å². The number of halogens is 3. The van der Waals surface area contributed by atoms with Crippen molar-refractivity contribution in [2.24, 2.45) is 0 Å². The predicted octanol–water partition coefficient (Wildman–Crippen LogP) is 3.14. The fourth-order valence-corrected chi connectivity index (χ4v) is 2.10. The van der Waals surface area contributed by atoms with Gasteiger partial charge in [0.1, 0.15) is 11.5 Å². The number of furan rings is 1. The standard InChI is InChI=1S/C14H14F3N3O4/c1-9-4-5-11(24-9)13(21,14(15,16)17)6-8-19-12-10(20(22)23)3-2-7-18-12/h2-5,7,21H,6,8H2,1H3,(H,18,19)/t13-/m1/s1. The van der Waals surface area contributed by atoms with Crippen molar-refractivity contribution >= 4 is 11.5 Å². The van der Waals surface area contributed by atoms with Crippen molar-refractivity contribution in [1.82, 2.24) is 4.98 Å². The first-order valence-corrected chi connectivity index (χ1v) is 6.84. The minimum absolute atomic E-state index is 0.178. The average molecular weight is 345 g/mol. The number of nitrogens with one attached hydrogen (secondary N) is 1. The van der Waals surface area contributed by atoms with E-state index in [1.807, 2.05) is 0 Å². The highest BCUT2D eigenvalue weighted by atomic mass is 19.4. The van der Waals surface area contributed by atoms with Crippen molar-refractivity contribution in [2.45, 2.75) is 25.1 Å². The number of anilines is 1. The maximum absolute atomic E-state index is 13.3. The van der Waals surface area contributed by atoms with Gasteiger partial charge in [0.2, 0.25) is 11.4 Å². The summed E-state index contributed by atoms with van der Waals surface area (Å²) in [6.07, 6.45) is -4.52. The molecule has 7 nitrogen and oxygen atoms in total. The third kappa shape index (κ3) is 3.48. The van der Waals surface area contributed by atoms with Crippen LogP contribution < -0.4 is 5.32 Å². The van der Waals surface area contributed by atoms with Gasteiger partial charge in [0.25, 0.3) is 0 Å². The zero-order valence-electron chi connectivity index (χ0n) is 12.5. The monoisotopic (exact) mass is 345 g/mol. The van der Waals surface area contributed by atoms with Gasteiger partial charge in [-0.2, -0.15) is 13.2 Å². The fourth-order valence-electron chi connectivity index (χ4n) is 2.10. The summed E-state index contributed by atoms with van der Waals surface area (Å²) in [6.45, 7) is 1.05. The molecule has 2 aromatic heterocycles. The SMILES string of the molecule is Cc1ccc([C@](O)(CCNc2ncccc2[N+](=O)[O-])C(F)(F)F)o1. The van der Waals surface area contributed by atoms with Crippen LogP contribution in [0.1, 0.15) is 17.9 Å². The van der Waals surface area contributed by atoms with Gasteiger partial charge in [-0.1, -0.05) is 0 Å². The Morgan fingerprint density at radius 1 is 1.38 bits per heavy atom. The van der Waals surface area contributed by atoms with Gasteiger partial charge >= 0.3 is 11.9 Å². The third-order valence-corrected chi connectivity index (χ3v) is 3.38. The lowest BCUT2D eigenvalue weighted by Crippen LogP contribution is -2.43. The van der Waals surface area contributed by atoms with Gasteiger partial charge in [-0.15, -0.1) is 0 Å². The normalized spacial score (nSPS) is 14.2. The van der Waals surface area contributed by atoms with E-state index >= 15 is 0 Å². The highest BCUT2D eigenvalue weighted by Crippen LogP contribution is 2.42. The summed E-state index contributed by atoms with van der Waals surface area (Å²) in [4.78, 5) is 13.9. The van der Waals surface area contributed by atoms with Crippen LogP contribution in [0.3, 0.4) is 0 Å². The van der Waals surface area contributed by atoms with Gasteiger partial charge in [-0.25, -0.2) is 4.98 Å². The predicted molar refractivity (Wildman–Crippen MR) is 77.4 cm³/mol. The molecule has 0 aromatic carbocycles. The van der Waals surface area contributed by atoms with Gasteiger partial charge in [0.15, 0.2) is 0 Å². The average Bonchev–Trinajstić information content (AvgIpc) is 2.93. The lowest BCUT2D eigenvalue weighted by atomic mass is 9.95. The van der Waals surface area contributed by atoms with Crippen LogP contribution in [0, 0.1) is 17.0 Å². The first-order valence-electron chi connectivity index (χ1n) is 6.84. The molecule has 0 aliphatic rings. The Bertz CT molecular complexity index is 732. The zero-order chi connectivity index (χ0) is 18.0. The third-order valence-electron chi connectivity index (χ3n) is 3.38. The molecule has 0 spiro atoms. The molecule has 0 aliphatic heterocycles. The van der Waals surface area contributed by atoms with E-state index in [-0.39, 0.29) is 17.3 Å². The van der Waals surface area contributed by atoms with Crippen LogP contribution in [-0.4, -0.2) is 27.7 Å². The summed E-state index contributed by atoms with van der Waals surface area (Å²) < 4.78 is 44.7. The van der Waals surface area contributed by atoms with Gasteiger partial charge in [-0.3, -0.25) is 10.1 Å². The van der Waals surface area contributed by atoms with E-state index in [0.29, 0.717) is 0 Å². The number of aromatic nitrogens is 1. The van der Waals surface area contributed by atoms with Crippen molar-refractivity contribution in [1.29, 1.82) is 0 Å². The topological polar surface area (TPSA) is 101 Å². The van der Waals surface area contributed by atoms with E-state index in [1.165, 1.54) is 31.3 Å². The molecule has 0 fully saturated rings. The van der Waals surface area contributed by atoms with E-state index in [1.54, 1.807) is 0 Å². The number of nitro groups is 1. The van der Waals surface area contributed by atoms with Gasteiger partial charge in [-0.05, 0) is 25.1 Å². The van der Waals surface area contributed by atoms with E-state index < -0.39 is 35.4 Å². The Balaban J connectivity index is 2.17. The van der Waals surface area contributed by atoms with Crippen LogP contribution in [0.15, 0.2) is 34.9 Å². The maximum atomic E-state index is 13.3. The number of pyridine rings is 1. The van der Waals surface area contributed by atoms with Crippen LogP contribution in [-0.2, 0) is 5.60 Å². The molecule has 0 aliphatic carbocycles. The van der Waals surface area contributed by atoms with E-state index in [9.17, 15) is 28.4 Å². The Kier molecular flexibility index (Phi) is 4.78. The quantitative estimate of drug-likeness (QED) is 0.616. The molecule has 0 saturated carbocycles. The maximum Gasteiger partial charge on any atom is 0.424 e. The van der Waals surface area contributed by atoms with Crippen molar-refractivity contribution < 1.29 is 27.6 Å². The highest BCUT2D eigenvalue weighted by Gasteiger charge is 2.56. The molecule has 0 unspecified atom stereocenters. The Hall–Kier alpha value is -2.62. The number of aryl methyl sites for hydroxylation is 1. The number of alkyl halides is 3. The molecule has 2 N–H and O–H groups in total. The smallest absolute Gasteiger partial charge is 0.424 e. The lowest BCUT2D eigenvalue weighted by molar-refractivity contribution is -0.384. The second-order valence-corrected chi connectivity index (χ2v) is 5.07. The molecular weight excluding hydrogens is 331 g/mol. The van der Waals surface area contributed by atoms with Crippen molar-refractivity contribution in [3.63, 3.8) is 0 Å². The van der Waals surface area contributed by atoms with Crippen LogP contribution in [0.25, 0.3) is 0 Å². The Morgan fingerprint density at radius 3 is 2.62 bits per heavy atom. The minimum atomic E-state index is -4.98. The van der Waals surface area contributed by atoms with E-state index in [0.717, 1.165) is 6.07 Å². The van der Waals surface area contributed by atoms with E-state index in [4.69, 9.17) is 4.42 Å². The first kappa shape index (κ1) is 17.7. The van der Waals surface area contributed by atoms with Crippen molar-refractivity contribution in [2.75, 3.05) is 11.9 Å². The van der Waals surface area contributed by atoms with Crippen molar-refractivity contribution in [3.8, 4) is 0 Å². The summed E-state index contributed by atoms with van der Waals surface area (Å²) in [7, 11) is 0. The first-order chi connectivity index (χ1) is 11.1. The lowest BCUT2D eigenvalue weighted by Gasteiger charge is -2.28. The summed E-state index contributed by atoms with van der Waals surface area (Å²) in [5.74, 6) is -0.589. The number of nitrogens with zero attached hydrogens (tertiary/aromatic N) is 2. The molecule has 24 heavy (non-hydrogen) atoms. The van der Waals surface area contributed by atoms with Gasteiger partial charge < -0.3 is 14.8 Å². The second-order valence-electron chi connectivity index (χ2n) is 5.07. The number of rotatable bonds is 6. The molecule has 2 heterocycles. The second kappa shape index (κ2) is 6.48. The highest BCUT2D eigenvalue weighted by molar-refractivity contribution is 5.55. The van der Waals surface area contributed by atoms with Gasteiger partial charge in [0.05, 0.1) is 4.92 Å². The molecule has 1 atom stereocenters. The molecular formula is C14H14F3N3O4. The molecule has 10 heteroatoms. The van der Waals surface area contributed by atoms with Crippen molar-refractivity contribution in [3.05, 3.63) is 52.1 Å². The molecule has 0 radical (unpaired) electrons. The van der Waals surface area contributed by atoms with Crippen LogP contribution >= 0.6 is 0 Å². The summed E-state index contributed by atoms with van der Waals surface area (Å²) in [5.41, 5.74) is -3.58. The summed E-state index contributed by atoms with van der Waals surface area (Å²) in [5, 5.41) is 23.4. The summed E-state index contributed by atoms with van der Waals surface area (Å²) >= 11 is 0. The Labute approximate surface area is 134 Å². The van der Waals surface area contributed by atoms with Gasteiger partial charge in [0, 0.05) is 25.2 Å². The van der Waals surface area contributed by atoms with E-state index in [2.05, 4.69) is 10.3 Å². The number of aliphatic hydroxyl groups is 1. The molecule has 130 valence electrons. The molecule has 0 saturated heterocycles. The Morgan fingerprint density at radius 2 is 2.08 bits per heavy atom. The zero-order valence-corrected chi connectivity index (χ0v) is 12.5. The minimum Gasteiger partial charge on any atom is -0.463 e.